The van der Waals surface area contributed by atoms with Gasteiger partial charge in [-0.15, -0.1) is 0 Å². The molecule has 0 atom stereocenters. The number of methoxy groups -OCH3 is 1. The number of esters is 1. The Balaban J connectivity index is 3.25. The van der Waals surface area contributed by atoms with Crippen LogP contribution in [0.3, 0.4) is 0 Å². The highest BCUT2D eigenvalue weighted by atomic mass is 16.8. The van der Waals surface area contributed by atoms with Gasteiger partial charge in [0.05, 0.1) is 13.7 Å². The largest absolute Gasteiger partial charge is 0.468 e. The smallest absolute Gasteiger partial charge is 0.319 e. The molecule has 0 aromatic rings. The molecule has 48 valence electrons. The third-order valence-electron chi connectivity index (χ3n) is 0.673. The van der Waals surface area contributed by atoms with Crippen molar-refractivity contribution in [2.45, 2.75) is 0 Å². The van der Waals surface area contributed by atoms with Crippen LogP contribution in [0.25, 0.3) is 0 Å². The lowest BCUT2D eigenvalue weighted by Crippen LogP contribution is -2.22. The zero-order chi connectivity index (χ0) is 6.57. The quantitative estimate of drug-likeness (QED) is 0.468. The van der Waals surface area contributed by atoms with Gasteiger partial charge in [-0.3, -0.25) is 9.69 Å². The Morgan fingerprint density at radius 2 is 2.12 bits per heavy atom. The molecule has 0 aromatic carbocycles. The van der Waals surface area contributed by atoms with Gasteiger partial charge in [0, 0.05) is 0 Å². The van der Waals surface area contributed by atoms with Gasteiger partial charge in [0.2, 0.25) is 0 Å². The molecule has 0 N–H and O–H groups in total. The first kappa shape index (κ1) is 7.43. The summed E-state index contributed by atoms with van der Waals surface area (Å²) in [6.45, 7) is 0.358. The number of rotatable bonds is 2. The number of hydrogen-bond donors (Lipinski definition) is 0. The summed E-state index contributed by atoms with van der Waals surface area (Å²) in [5, 5.41) is 0. The summed E-state index contributed by atoms with van der Waals surface area (Å²) in [5.74, 6) is -0.199. The third-order valence-corrected chi connectivity index (χ3v) is 0.673. The predicted octanol–water partition coefficient (Wildman–Crippen LogP) is -0.279. The molecule has 3 heteroatoms. The summed E-state index contributed by atoms with van der Waals surface area (Å²) in [6, 6.07) is 0. The Morgan fingerprint density at radius 1 is 1.62 bits per heavy atom. The van der Waals surface area contributed by atoms with Crippen LogP contribution in [0.1, 0.15) is 0 Å². The van der Waals surface area contributed by atoms with E-state index in [9.17, 15) is 4.79 Å². The number of carbonyl (C=O) groups excluding carboxylic acids is 1. The fourth-order valence-corrected chi connectivity index (χ4v) is 0.323. The van der Waals surface area contributed by atoms with Gasteiger partial charge < -0.3 is 4.74 Å². The molecule has 0 saturated heterocycles. The van der Waals surface area contributed by atoms with Crippen molar-refractivity contribution >= 4 is 5.97 Å². The average Bonchev–Trinajstić information content (AvgIpc) is 1.65. The van der Waals surface area contributed by atoms with Crippen molar-refractivity contribution < 1.29 is 9.53 Å². The summed E-state index contributed by atoms with van der Waals surface area (Å²) < 4.78 is 4.38. The van der Waals surface area contributed by atoms with Gasteiger partial charge in [0.15, 0.2) is 0 Å². The summed E-state index contributed by atoms with van der Waals surface area (Å²) in [4.78, 5) is 12.1. The van der Waals surface area contributed by atoms with E-state index < -0.39 is 0 Å². The molecule has 8 heavy (non-hydrogen) atoms. The summed E-state index contributed by atoms with van der Waals surface area (Å²) in [5.41, 5.74) is 0. The van der Waals surface area contributed by atoms with E-state index in [0.29, 0.717) is 6.54 Å². The standard InChI is InChI=1S/C5H11NO2/c1-6(2)4-5(7)8-3/h4H2,1-3H3/i5+2. The van der Waals surface area contributed by atoms with E-state index >= 15 is 0 Å². The second-order valence-corrected chi connectivity index (χ2v) is 1.81. The fourth-order valence-electron chi connectivity index (χ4n) is 0.323. The van der Waals surface area contributed by atoms with Crippen molar-refractivity contribution in [2.24, 2.45) is 0 Å². The van der Waals surface area contributed by atoms with Crippen LogP contribution < -0.4 is 0 Å². The summed E-state index contributed by atoms with van der Waals surface area (Å²) in [6.07, 6.45) is 0. The first-order valence-electron chi connectivity index (χ1n) is 2.38. The van der Waals surface area contributed by atoms with Crippen molar-refractivity contribution in [3.63, 3.8) is 0 Å². The maximum Gasteiger partial charge on any atom is 0.319 e. The van der Waals surface area contributed by atoms with Crippen LogP contribution in [0.5, 0.6) is 0 Å². The first-order valence-corrected chi connectivity index (χ1v) is 2.38. The van der Waals surface area contributed by atoms with Crippen molar-refractivity contribution in [3.05, 3.63) is 0 Å². The van der Waals surface area contributed by atoms with Gasteiger partial charge in [0.25, 0.3) is 0 Å². The van der Waals surface area contributed by atoms with E-state index in [0.717, 1.165) is 0 Å². The van der Waals surface area contributed by atoms with Gasteiger partial charge >= 0.3 is 5.97 Å². The van der Waals surface area contributed by atoms with Crippen molar-refractivity contribution in [1.82, 2.24) is 4.90 Å². The Bertz CT molecular complexity index is 80.5. The van der Waals surface area contributed by atoms with Crippen molar-refractivity contribution in [2.75, 3.05) is 27.7 Å². The molecule has 0 aliphatic rings. The molecule has 0 unspecified atom stereocenters. The minimum atomic E-state index is -0.199. The number of carbonyl (C=O) groups is 1. The maximum absolute atomic E-state index is 10.4. The summed E-state index contributed by atoms with van der Waals surface area (Å²) >= 11 is 0. The molecule has 0 fully saturated rings. The van der Waals surface area contributed by atoms with Crippen LogP contribution in [0.4, 0.5) is 0 Å². The van der Waals surface area contributed by atoms with Crippen LogP contribution in [-0.2, 0) is 9.53 Å². The second-order valence-electron chi connectivity index (χ2n) is 1.81. The lowest BCUT2D eigenvalue weighted by molar-refractivity contribution is -0.141. The predicted molar refractivity (Wildman–Crippen MR) is 30.6 cm³/mol. The fraction of sp³-hybridized carbons (Fsp3) is 0.800. The minimum absolute atomic E-state index is 0.199. The van der Waals surface area contributed by atoms with Gasteiger partial charge in [-0.2, -0.15) is 0 Å². The molecule has 0 heterocycles. The maximum atomic E-state index is 10.4. The van der Waals surface area contributed by atoms with E-state index in [4.69, 9.17) is 0 Å². The molecule has 0 saturated carbocycles. The zero-order valence-electron chi connectivity index (χ0n) is 5.47. The molecule has 0 aliphatic heterocycles. The molecule has 0 rings (SSSR count). The highest BCUT2D eigenvalue weighted by Crippen LogP contribution is 1.75. The van der Waals surface area contributed by atoms with E-state index in [1.807, 2.05) is 14.1 Å². The normalized spacial score (nSPS) is 9.50. The number of hydrogen-bond acceptors (Lipinski definition) is 3. The van der Waals surface area contributed by atoms with Crippen LogP contribution >= 0.6 is 0 Å². The zero-order valence-corrected chi connectivity index (χ0v) is 5.47. The Kier molecular flexibility index (Phi) is 3.19. The van der Waals surface area contributed by atoms with Gasteiger partial charge in [-0.05, 0) is 14.1 Å². The van der Waals surface area contributed by atoms with Gasteiger partial charge in [-0.25, -0.2) is 0 Å². The second kappa shape index (κ2) is 3.43. The monoisotopic (exact) mass is 119 g/mol. The molecule has 0 bridgehead atoms. The molecule has 0 spiro atoms. The Morgan fingerprint density at radius 3 is 2.25 bits per heavy atom. The van der Waals surface area contributed by atoms with Crippen LogP contribution in [-0.4, -0.2) is 38.6 Å². The van der Waals surface area contributed by atoms with Crippen molar-refractivity contribution in [1.29, 1.82) is 0 Å². The van der Waals surface area contributed by atoms with Crippen LogP contribution in [0, 0.1) is 0 Å². The Labute approximate surface area is 49.2 Å². The van der Waals surface area contributed by atoms with E-state index in [2.05, 4.69) is 4.74 Å². The third kappa shape index (κ3) is 3.61. The summed E-state index contributed by atoms with van der Waals surface area (Å²) in [7, 11) is 5.01. The molecule has 0 radical (unpaired) electrons. The van der Waals surface area contributed by atoms with E-state index in [1.54, 1.807) is 4.90 Å². The SMILES string of the molecule is CO[14C](=O)CN(C)C. The molecular formula is C5H11NO2. The molecule has 3 nitrogen and oxygen atoms in total. The highest BCUT2D eigenvalue weighted by Gasteiger charge is 1.98. The van der Waals surface area contributed by atoms with Crippen molar-refractivity contribution in [3.8, 4) is 0 Å². The highest BCUT2D eigenvalue weighted by molar-refractivity contribution is 5.71. The Hall–Kier alpha value is -0.570. The number of likely N-dealkylation sites (N-methyl/N-ethyl adjacent to an activating group) is 1. The lowest BCUT2D eigenvalue weighted by atomic mass is 10.9. The first-order chi connectivity index (χ1) is 3.66. The van der Waals surface area contributed by atoms with Crippen LogP contribution in [0.2, 0.25) is 0 Å². The van der Waals surface area contributed by atoms with E-state index in [-0.39, 0.29) is 5.97 Å². The van der Waals surface area contributed by atoms with E-state index in [1.165, 1.54) is 7.11 Å². The molecule has 0 amide bonds. The number of ether oxygens (including phenoxy) is 1. The molecule has 0 aliphatic carbocycles. The minimum Gasteiger partial charge on any atom is -0.468 e. The average molecular weight is 119 g/mol. The topological polar surface area (TPSA) is 29.5 Å². The van der Waals surface area contributed by atoms with Gasteiger partial charge in [-0.1, -0.05) is 0 Å². The lowest BCUT2D eigenvalue weighted by Gasteiger charge is -2.05. The van der Waals surface area contributed by atoms with Gasteiger partial charge in [0.1, 0.15) is 0 Å². The number of nitrogens with zero attached hydrogens (tertiary/aromatic N) is 1. The molecule has 0 aromatic heterocycles. The molecular weight excluding hydrogens is 108 g/mol. The van der Waals surface area contributed by atoms with Crippen LogP contribution in [0.15, 0.2) is 0 Å².